The van der Waals surface area contributed by atoms with Crippen LogP contribution in [0.4, 0.5) is 16.6 Å². The number of nitrogens with zero attached hydrogens (tertiary/aromatic N) is 4. The lowest BCUT2D eigenvalue weighted by molar-refractivity contribution is 0.102. The number of aromatic nitrogens is 4. The lowest BCUT2D eigenvalue weighted by Gasteiger charge is -2.08. The zero-order chi connectivity index (χ0) is 23.7. The Bertz CT molecular complexity index is 1500. The van der Waals surface area contributed by atoms with E-state index in [-0.39, 0.29) is 11.6 Å². The molecule has 1 amide bonds. The number of thiazole rings is 1. The molecule has 2 aromatic carbocycles. The number of benzene rings is 2. The number of hydrogen-bond donors (Lipinski definition) is 2. The second kappa shape index (κ2) is 9.24. The van der Waals surface area contributed by atoms with Crippen molar-refractivity contribution in [2.24, 2.45) is 7.05 Å². The SMILES string of the molecule is Cc1cc(Nc2nc3cc(Oc4ccnc(C(=O)Nc5cncs5)c4)ccc3n2C)ccc1Br. The molecular formula is C24H19BrN6O2S. The van der Waals surface area contributed by atoms with Crippen LogP contribution < -0.4 is 15.4 Å². The molecule has 0 aliphatic rings. The van der Waals surface area contributed by atoms with Crippen molar-refractivity contribution in [1.29, 1.82) is 0 Å². The van der Waals surface area contributed by atoms with Crippen LogP contribution >= 0.6 is 27.3 Å². The molecule has 8 nitrogen and oxygen atoms in total. The molecular weight excluding hydrogens is 516 g/mol. The van der Waals surface area contributed by atoms with E-state index in [1.54, 1.807) is 30.0 Å². The third-order valence-electron chi connectivity index (χ3n) is 5.14. The van der Waals surface area contributed by atoms with E-state index in [9.17, 15) is 4.79 Å². The van der Waals surface area contributed by atoms with E-state index in [0.717, 1.165) is 32.7 Å². The maximum absolute atomic E-state index is 12.4. The second-order valence-corrected chi connectivity index (χ2v) is 9.27. The monoisotopic (exact) mass is 534 g/mol. The fraction of sp³-hybridized carbons (Fsp3) is 0.0833. The first-order valence-corrected chi connectivity index (χ1v) is 12.0. The number of rotatable bonds is 6. The van der Waals surface area contributed by atoms with Gasteiger partial charge in [0.05, 0.1) is 22.7 Å². The molecule has 0 saturated carbocycles. The van der Waals surface area contributed by atoms with Crippen LogP contribution in [0.2, 0.25) is 0 Å². The Morgan fingerprint density at radius 2 is 1.97 bits per heavy atom. The molecule has 170 valence electrons. The van der Waals surface area contributed by atoms with Gasteiger partial charge in [-0.15, -0.1) is 11.3 Å². The lowest BCUT2D eigenvalue weighted by Crippen LogP contribution is -2.12. The van der Waals surface area contributed by atoms with E-state index in [2.05, 4.69) is 42.6 Å². The van der Waals surface area contributed by atoms with Crippen LogP contribution in [-0.2, 0) is 7.05 Å². The number of halogens is 1. The number of carbonyl (C=O) groups excluding carboxylic acids is 1. The molecule has 5 rings (SSSR count). The summed E-state index contributed by atoms with van der Waals surface area (Å²) in [7, 11) is 1.96. The van der Waals surface area contributed by atoms with Gasteiger partial charge in [-0.1, -0.05) is 15.9 Å². The molecule has 5 aromatic rings. The summed E-state index contributed by atoms with van der Waals surface area (Å²) in [4.78, 5) is 25.3. The van der Waals surface area contributed by atoms with Crippen molar-refractivity contribution in [3.63, 3.8) is 0 Å². The molecule has 0 aliphatic heterocycles. The molecule has 0 atom stereocenters. The van der Waals surface area contributed by atoms with E-state index in [0.29, 0.717) is 16.5 Å². The van der Waals surface area contributed by atoms with Crippen LogP contribution in [-0.4, -0.2) is 25.4 Å². The highest BCUT2D eigenvalue weighted by Crippen LogP contribution is 2.29. The number of aryl methyl sites for hydroxylation is 2. The summed E-state index contributed by atoms with van der Waals surface area (Å²) in [5, 5.41) is 6.79. The third-order valence-corrected chi connectivity index (χ3v) is 6.71. The predicted molar refractivity (Wildman–Crippen MR) is 137 cm³/mol. The first-order valence-electron chi connectivity index (χ1n) is 10.3. The average Bonchev–Trinajstić information content (AvgIpc) is 3.44. The zero-order valence-corrected chi connectivity index (χ0v) is 20.6. The summed E-state index contributed by atoms with van der Waals surface area (Å²) in [5.74, 6) is 1.51. The van der Waals surface area contributed by atoms with Gasteiger partial charge in [-0.2, -0.15) is 0 Å². The largest absolute Gasteiger partial charge is 0.457 e. The van der Waals surface area contributed by atoms with Crippen LogP contribution in [0.1, 0.15) is 16.1 Å². The van der Waals surface area contributed by atoms with Gasteiger partial charge in [0.2, 0.25) is 5.95 Å². The number of fused-ring (bicyclic) bond motifs is 1. The van der Waals surface area contributed by atoms with Gasteiger partial charge in [-0.3, -0.25) is 14.8 Å². The molecule has 0 unspecified atom stereocenters. The summed E-state index contributed by atoms with van der Waals surface area (Å²) in [6.45, 7) is 2.04. The normalized spacial score (nSPS) is 10.9. The van der Waals surface area contributed by atoms with E-state index < -0.39 is 0 Å². The molecule has 2 N–H and O–H groups in total. The van der Waals surface area contributed by atoms with E-state index in [4.69, 9.17) is 9.72 Å². The van der Waals surface area contributed by atoms with Crippen molar-refractivity contribution < 1.29 is 9.53 Å². The molecule has 0 bridgehead atoms. The summed E-state index contributed by atoms with van der Waals surface area (Å²) in [6.07, 6.45) is 3.13. The number of amides is 1. The Balaban J connectivity index is 1.35. The van der Waals surface area contributed by atoms with Crippen molar-refractivity contribution in [2.75, 3.05) is 10.6 Å². The maximum atomic E-state index is 12.4. The Morgan fingerprint density at radius 1 is 1.12 bits per heavy atom. The first kappa shape index (κ1) is 22.1. The molecule has 3 aromatic heterocycles. The van der Waals surface area contributed by atoms with Gasteiger partial charge >= 0.3 is 0 Å². The lowest BCUT2D eigenvalue weighted by atomic mass is 10.2. The standard InChI is InChI=1S/C24H19BrN6O2S/c1-14-9-15(3-5-18(14)25)28-24-29-19-10-16(4-6-21(19)31(24)2)33-17-7-8-27-20(11-17)23(32)30-22-12-26-13-34-22/h3-13H,1-2H3,(H,28,29)(H,30,32). The fourth-order valence-electron chi connectivity index (χ4n) is 3.39. The molecule has 3 heterocycles. The number of anilines is 3. The Labute approximate surface area is 207 Å². The molecule has 0 spiro atoms. The highest BCUT2D eigenvalue weighted by Gasteiger charge is 2.12. The summed E-state index contributed by atoms with van der Waals surface area (Å²) in [6, 6.07) is 15.1. The van der Waals surface area contributed by atoms with Gasteiger partial charge < -0.3 is 19.9 Å². The average molecular weight is 535 g/mol. The Morgan fingerprint density at radius 3 is 2.76 bits per heavy atom. The van der Waals surface area contributed by atoms with Gasteiger partial charge in [0.15, 0.2) is 0 Å². The zero-order valence-electron chi connectivity index (χ0n) is 18.2. The summed E-state index contributed by atoms with van der Waals surface area (Å²) < 4.78 is 9.06. The van der Waals surface area contributed by atoms with Gasteiger partial charge in [0.1, 0.15) is 22.2 Å². The van der Waals surface area contributed by atoms with Crippen molar-refractivity contribution in [2.45, 2.75) is 6.92 Å². The number of pyridine rings is 1. The summed E-state index contributed by atoms with van der Waals surface area (Å²) in [5.41, 5.74) is 5.74. The van der Waals surface area contributed by atoms with Crippen LogP contribution in [0.3, 0.4) is 0 Å². The number of nitrogens with one attached hydrogen (secondary N) is 2. The maximum Gasteiger partial charge on any atom is 0.275 e. The third kappa shape index (κ3) is 4.63. The molecule has 0 saturated heterocycles. The Kier molecular flexibility index (Phi) is 5.99. The highest BCUT2D eigenvalue weighted by atomic mass is 79.9. The molecule has 0 radical (unpaired) electrons. The number of hydrogen-bond acceptors (Lipinski definition) is 7. The van der Waals surface area contributed by atoms with E-state index in [1.807, 2.05) is 48.9 Å². The highest BCUT2D eigenvalue weighted by molar-refractivity contribution is 9.10. The van der Waals surface area contributed by atoms with Crippen LogP contribution in [0.25, 0.3) is 11.0 Å². The minimum absolute atomic E-state index is 0.251. The van der Waals surface area contributed by atoms with Crippen LogP contribution in [0, 0.1) is 6.92 Å². The molecule has 10 heteroatoms. The van der Waals surface area contributed by atoms with Crippen molar-refractivity contribution in [3.8, 4) is 11.5 Å². The van der Waals surface area contributed by atoms with Gasteiger partial charge in [0, 0.05) is 35.5 Å². The quantitative estimate of drug-likeness (QED) is 0.266. The van der Waals surface area contributed by atoms with Crippen LogP contribution in [0.15, 0.2) is 70.9 Å². The summed E-state index contributed by atoms with van der Waals surface area (Å²) >= 11 is 4.87. The smallest absolute Gasteiger partial charge is 0.275 e. The van der Waals surface area contributed by atoms with Gasteiger partial charge in [-0.05, 0) is 48.9 Å². The van der Waals surface area contributed by atoms with E-state index in [1.165, 1.54) is 11.3 Å². The van der Waals surface area contributed by atoms with Gasteiger partial charge in [0.25, 0.3) is 5.91 Å². The minimum atomic E-state index is -0.325. The minimum Gasteiger partial charge on any atom is -0.457 e. The topological polar surface area (TPSA) is 94.0 Å². The number of ether oxygens (including phenoxy) is 1. The number of carbonyl (C=O) groups is 1. The molecule has 34 heavy (non-hydrogen) atoms. The molecule has 0 fully saturated rings. The van der Waals surface area contributed by atoms with Crippen molar-refractivity contribution >= 4 is 60.8 Å². The first-order chi connectivity index (χ1) is 16.5. The molecule has 0 aliphatic carbocycles. The fourth-order valence-corrected chi connectivity index (χ4v) is 4.15. The van der Waals surface area contributed by atoms with Crippen molar-refractivity contribution in [3.05, 3.63) is 82.2 Å². The van der Waals surface area contributed by atoms with Gasteiger partial charge in [-0.25, -0.2) is 4.98 Å². The second-order valence-electron chi connectivity index (χ2n) is 7.53. The Hall–Kier alpha value is -3.76. The van der Waals surface area contributed by atoms with Crippen molar-refractivity contribution in [1.82, 2.24) is 19.5 Å². The number of imidazole rings is 1. The van der Waals surface area contributed by atoms with E-state index >= 15 is 0 Å². The predicted octanol–water partition coefficient (Wildman–Crippen LogP) is 6.28. The van der Waals surface area contributed by atoms with Crippen LogP contribution in [0.5, 0.6) is 11.5 Å².